The van der Waals surface area contributed by atoms with Gasteiger partial charge in [-0.05, 0) is 34.9 Å². The summed E-state index contributed by atoms with van der Waals surface area (Å²) in [6, 6.07) is 34.8. The Bertz CT molecular complexity index is 1250. The highest BCUT2D eigenvalue weighted by atomic mass is 35.5. The average Bonchev–Trinajstić information content (AvgIpc) is 2.85. The van der Waals surface area contributed by atoms with Gasteiger partial charge in [-0.3, -0.25) is 4.79 Å². The zero-order chi connectivity index (χ0) is 22.2. The molecule has 0 aromatic heterocycles. The van der Waals surface area contributed by atoms with E-state index in [1.807, 2.05) is 121 Å². The molecule has 3 heteroatoms. The first-order valence-electron chi connectivity index (χ1n) is 10.4. The molecule has 0 unspecified atom stereocenters. The molecule has 156 valence electrons. The molecule has 0 fully saturated rings. The lowest BCUT2D eigenvalue weighted by molar-refractivity contribution is 0.104. The molecule has 4 aromatic rings. The molecule has 4 aromatic carbocycles. The minimum Gasteiger partial charge on any atom is -0.354 e. The number of hydrogen-bond acceptors (Lipinski definition) is 2. The monoisotopic (exact) mass is 435 g/mol. The number of anilines is 1. The number of nitrogens with one attached hydrogen (secondary N) is 1. The Morgan fingerprint density at radius 3 is 1.94 bits per heavy atom. The predicted molar refractivity (Wildman–Crippen MR) is 136 cm³/mol. The van der Waals surface area contributed by atoms with Crippen LogP contribution in [0.15, 0.2) is 115 Å². The molecule has 0 saturated carbocycles. The van der Waals surface area contributed by atoms with Crippen molar-refractivity contribution in [1.82, 2.24) is 0 Å². The van der Waals surface area contributed by atoms with Gasteiger partial charge in [-0.25, -0.2) is 0 Å². The van der Waals surface area contributed by atoms with Crippen molar-refractivity contribution in [3.8, 4) is 0 Å². The molecule has 0 aliphatic rings. The number of rotatable bonds is 7. The summed E-state index contributed by atoms with van der Waals surface area (Å²) in [6.45, 7) is 0. The zero-order valence-electron chi connectivity index (χ0n) is 17.4. The Labute approximate surface area is 193 Å². The lowest BCUT2D eigenvalue weighted by Gasteiger charge is -2.14. The molecule has 0 aliphatic heterocycles. The molecule has 0 atom stereocenters. The van der Waals surface area contributed by atoms with Crippen LogP contribution in [0.2, 0.25) is 5.02 Å². The van der Waals surface area contributed by atoms with Crippen molar-refractivity contribution < 1.29 is 4.79 Å². The van der Waals surface area contributed by atoms with Crippen LogP contribution in [0.5, 0.6) is 0 Å². The number of hydrogen-bond donors (Lipinski definition) is 1. The molecule has 0 heterocycles. The molecule has 0 saturated heterocycles. The number of benzene rings is 4. The molecule has 2 nitrogen and oxygen atoms in total. The molecular weight excluding hydrogens is 414 g/mol. The number of carbonyl (C=O) groups is 1. The summed E-state index contributed by atoms with van der Waals surface area (Å²) in [5.41, 5.74) is 5.16. The van der Waals surface area contributed by atoms with Crippen LogP contribution in [0.1, 0.15) is 27.0 Å². The maximum Gasteiger partial charge on any atom is 0.187 e. The van der Waals surface area contributed by atoms with Gasteiger partial charge < -0.3 is 5.32 Å². The minimum atomic E-state index is -0.0627. The predicted octanol–water partition coefficient (Wildman–Crippen LogP) is 7.85. The fraction of sp³-hybridized carbons (Fsp3) is 0. The van der Waals surface area contributed by atoms with Crippen LogP contribution in [0, 0.1) is 0 Å². The van der Waals surface area contributed by atoms with Gasteiger partial charge in [0.15, 0.2) is 5.78 Å². The highest BCUT2D eigenvalue weighted by molar-refractivity contribution is 6.30. The Morgan fingerprint density at radius 2 is 1.28 bits per heavy atom. The molecular formula is C29H22ClNO. The first-order valence-corrected chi connectivity index (χ1v) is 10.7. The van der Waals surface area contributed by atoms with Crippen LogP contribution in [0.3, 0.4) is 0 Å². The van der Waals surface area contributed by atoms with Gasteiger partial charge in [-0.15, -0.1) is 0 Å². The van der Waals surface area contributed by atoms with E-state index in [0.717, 1.165) is 28.1 Å². The Kier molecular flexibility index (Phi) is 6.96. The molecule has 0 bridgehead atoms. The Balaban J connectivity index is 1.70. The summed E-state index contributed by atoms with van der Waals surface area (Å²) < 4.78 is 0. The van der Waals surface area contributed by atoms with Crippen LogP contribution in [0.25, 0.3) is 17.8 Å². The van der Waals surface area contributed by atoms with Crippen molar-refractivity contribution in [2.45, 2.75) is 0 Å². The lowest BCUT2D eigenvalue weighted by atomic mass is 10.1. The van der Waals surface area contributed by atoms with Gasteiger partial charge in [0.1, 0.15) is 0 Å². The van der Waals surface area contributed by atoms with E-state index in [2.05, 4.69) is 5.32 Å². The minimum absolute atomic E-state index is 0.0627. The Hall–Kier alpha value is -3.88. The van der Waals surface area contributed by atoms with E-state index < -0.39 is 0 Å². The van der Waals surface area contributed by atoms with Crippen molar-refractivity contribution >= 4 is 40.9 Å². The highest BCUT2D eigenvalue weighted by Gasteiger charge is 2.10. The van der Waals surface area contributed by atoms with Gasteiger partial charge in [0.2, 0.25) is 0 Å². The van der Waals surface area contributed by atoms with E-state index in [1.165, 1.54) is 0 Å². The molecule has 0 amide bonds. The van der Waals surface area contributed by atoms with Crippen LogP contribution in [-0.4, -0.2) is 5.78 Å². The van der Waals surface area contributed by atoms with Gasteiger partial charge in [0.05, 0.1) is 0 Å². The fourth-order valence-electron chi connectivity index (χ4n) is 3.31. The van der Waals surface area contributed by atoms with Crippen molar-refractivity contribution in [1.29, 1.82) is 0 Å². The topological polar surface area (TPSA) is 29.1 Å². The smallest absolute Gasteiger partial charge is 0.187 e. The van der Waals surface area contributed by atoms with Gasteiger partial charge in [-0.1, -0.05) is 115 Å². The number of allylic oxidation sites excluding steroid dienone is 1. The fourth-order valence-corrected chi connectivity index (χ4v) is 3.49. The van der Waals surface area contributed by atoms with E-state index in [0.29, 0.717) is 10.6 Å². The molecule has 0 aliphatic carbocycles. The summed E-state index contributed by atoms with van der Waals surface area (Å²) in [7, 11) is 0. The van der Waals surface area contributed by atoms with E-state index in [-0.39, 0.29) is 5.78 Å². The van der Waals surface area contributed by atoms with E-state index in [9.17, 15) is 4.79 Å². The van der Waals surface area contributed by atoms with Gasteiger partial charge in [0.25, 0.3) is 0 Å². The number of ketones is 1. The summed E-state index contributed by atoms with van der Waals surface area (Å²) in [5.74, 6) is -0.0627. The maximum absolute atomic E-state index is 12.9. The second-order valence-electron chi connectivity index (χ2n) is 7.25. The molecule has 4 rings (SSSR count). The van der Waals surface area contributed by atoms with Crippen molar-refractivity contribution in [3.63, 3.8) is 0 Å². The third kappa shape index (κ3) is 5.63. The summed E-state index contributed by atoms with van der Waals surface area (Å²) in [4.78, 5) is 12.9. The van der Waals surface area contributed by atoms with Crippen LogP contribution < -0.4 is 5.32 Å². The van der Waals surface area contributed by atoms with Gasteiger partial charge in [-0.2, -0.15) is 0 Å². The van der Waals surface area contributed by atoms with Crippen LogP contribution >= 0.6 is 11.6 Å². The molecule has 0 radical (unpaired) electrons. The molecule has 32 heavy (non-hydrogen) atoms. The standard InChI is InChI=1S/C29H22ClNO/c30-26-18-19-27(25(20-26)17-16-22-10-4-1-5-11-22)31-28(23-12-6-2-7-13-23)21-29(32)24-14-8-3-9-15-24/h1-21,31H/b17-16+,28-21-. The van der Waals surface area contributed by atoms with Gasteiger partial charge in [0, 0.05) is 28.0 Å². The van der Waals surface area contributed by atoms with Crippen molar-refractivity contribution in [2.75, 3.05) is 5.32 Å². The van der Waals surface area contributed by atoms with Crippen LogP contribution in [0.4, 0.5) is 5.69 Å². The first kappa shape index (κ1) is 21.4. The maximum atomic E-state index is 12.9. The highest BCUT2D eigenvalue weighted by Crippen LogP contribution is 2.27. The van der Waals surface area contributed by atoms with Gasteiger partial charge >= 0.3 is 0 Å². The van der Waals surface area contributed by atoms with Crippen molar-refractivity contribution in [3.05, 3.63) is 143 Å². The Morgan fingerprint density at radius 1 is 0.688 bits per heavy atom. The third-order valence-corrected chi connectivity index (χ3v) is 5.19. The van der Waals surface area contributed by atoms with Crippen LogP contribution in [-0.2, 0) is 0 Å². The third-order valence-electron chi connectivity index (χ3n) is 4.96. The number of carbonyl (C=O) groups excluding carboxylic acids is 1. The van der Waals surface area contributed by atoms with Crippen molar-refractivity contribution in [2.24, 2.45) is 0 Å². The lowest BCUT2D eigenvalue weighted by Crippen LogP contribution is -2.04. The quantitative estimate of drug-likeness (QED) is 0.182. The second kappa shape index (κ2) is 10.4. The summed E-state index contributed by atoms with van der Waals surface area (Å²) in [5, 5.41) is 4.11. The van der Waals surface area contributed by atoms with E-state index >= 15 is 0 Å². The molecule has 0 spiro atoms. The average molecular weight is 436 g/mol. The SMILES string of the molecule is O=C(/C=C(\Nc1ccc(Cl)cc1/C=C/c1ccccc1)c1ccccc1)c1ccccc1. The summed E-state index contributed by atoms with van der Waals surface area (Å²) in [6.07, 6.45) is 5.70. The molecule has 1 N–H and O–H groups in total. The largest absolute Gasteiger partial charge is 0.354 e. The number of halogens is 1. The normalized spacial score (nSPS) is 11.5. The van der Waals surface area contributed by atoms with E-state index in [4.69, 9.17) is 11.6 Å². The zero-order valence-corrected chi connectivity index (χ0v) is 18.2. The summed E-state index contributed by atoms with van der Waals surface area (Å²) >= 11 is 6.29. The second-order valence-corrected chi connectivity index (χ2v) is 7.69. The first-order chi connectivity index (χ1) is 15.7. The van der Waals surface area contributed by atoms with E-state index in [1.54, 1.807) is 6.08 Å².